The van der Waals surface area contributed by atoms with Gasteiger partial charge in [0.1, 0.15) is 12.3 Å². The molecule has 3 atom stereocenters. The monoisotopic (exact) mass is 580 g/mol. The Kier molecular flexibility index (Phi) is 10.6. The van der Waals surface area contributed by atoms with E-state index in [-0.39, 0.29) is 43.0 Å². The van der Waals surface area contributed by atoms with E-state index in [4.69, 9.17) is 10.4 Å². The number of carbonyl (C=O) groups excluding carboxylic acids is 2. The van der Waals surface area contributed by atoms with Gasteiger partial charge in [0.2, 0.25) is 11.8 Å². The van der Waals surface area contributed by atoms with Crippen LogP contribution < -0.4 is 10.2 Å². The number of nitrogens with one attached hydrogen (secondary N) is 1. The van der Waals surface area contributed by atoms with E-state index in [0.717, 1.165) is 11.3 Å². The van der Waals surface area contributed by atoms with Gasteiger partial charge in [-0.1, -0.05) is 32.9 Å². The van der Waals surface area contributed by atoms with Crippen molar-refractivity contribution in [2.24, 2.45) is 0 Å². The maximum absolute atomic E-state index is 13.5. The van der Waals surface area contributed by atoms with Gasteiger partial charge in [0, 0.05) is 56.0 Å². The molecule has 4 rings (SSSR count). The minimum absolute atomic E-state index is 0.00570. The largest absolute Gasteiger partial charge is 0.391 e. The maximum Gasteiger partial charge on any atom is 0.248 e. The Morgan fingerprint density at radius 1 is 1.21 bits per heavy atom. The molecule has 0 radical (unpaired) electrons. The number of benzene rings is 1. The van der Waals surface area contributed by atoms with Crippen LogP contribution in [0.3, 0.4) is 0 Å². The van der Waals surface area contributed by atoms with Crippen molar-refractivity contribution in [2.75, 3.05) is 18.5 Å². The molecular formula is C31H38F2N6O3. The number of aliphatic hydroxyl groups excluding tert-OH is 1. The Bertz CT molecular complexity index is 1310. The molecule has 1 saturated carbocycles. The number of likely N-dealkylation sites (N-methyl/N-ethyl adjacent to an activating group) is 1. The third kappa shape index (κ3) is 8.23. The number of amides is 1. The first-order valence-electron chi connectivity index (χ1n) is 13.9. The molecule has 2 heterocycles. The number of likely N-dealkylation sites (tertiary alicyclic amines) is 1. The molecule has 0 bridgehead atoms. The molecule has 42 heavy (non-hydrogen) atoms. The normalized spacial score (nSPS) is 20.7. The van der Waals surface area contributed by atoms with Crippen molar-refractivity contribution in [1.29, 1.82) is 10.5 Å². The van der Waals surface area contributed by atoms with Gasteiger partial charge in [-0.3, -0.25) is 14.7 Å². The zero-order valence-corrected chi connectivity index (χ0v) is 24.4. The fourth-order valence-corrected chi connectivity index (χ4v) is 5.15. The van der Waals surface area contributed by atoms with Crippen LogP contribution in [0, 0.1) is 22.8 Å². The molecule has 1 saturated heterocycles. The summed E-state index contributed by atoms with van der Waals surface area (Å²) in [6, 6.07) is 10.1. The minimum Gasteiger partial charge on any atom is -0.391 e. The predicted octanol–water partition coefficient (Wildman–Crippen LogP) is 4.22. The summed E-state index contributed by atoms with van der Waals surface area (Å²) in [6.07, 6.45) is 5.43. The summed E-state index contributed by atoms with van der Waals surface area (Å²) >= 11 is 0. The highest BCUT2D eigenvalue weighted by Crippen LogP contribution is 2.34. The van der Waals surface area contributed by atoms with E-state index < -0.39 is 24.1 Å². The van der Waals surface area contributed by atoms with E-state index in [1.165, 1.54) is 17.3 Å². The molecule has 0 spiro atoms. The number of carbonyl (C=O) groups is 2. The predicted molar refractivity (Wildman–Crippen MR) is 153 cm³/mol. The molecule has 1 aliphatic heterocycles. The molecule has 1 amide bonds. The number of pyridine rings is 1. The number of hydrogen-bond donors (Lipinski definition) is 2. The quantitative estimate of drug-likeness (QED) is 0.383. The van der Waals surface area contributed by atoms with Crippen molar-refractivity contribution >= 4 is 17.9 Å². The van der Waals surface area contributed by atoms with Crippen LogP contribution in [0.2, 0.25) is 0 Å². The van der Waals surface area contributed by atoms with Crippen LogP contribution >= 0.6 is 0 Å². The smallest absolute Gasteiger partial charge is 0.248 e. The van der Waals surface area contributed by atoms with Gasteiger partial charge < -0.3 is 20.1 Å². The van der Waals surface area contributed by atoms with Crippen molar-refractivity contribution in [1.82, 2.24) is 15.2 Å². The second-order valence-corrected chi connectivity index (χ2v) is 11.9. The molecule has 3 unspecified atom stereocenters. The highest BCUT2D eigenvalue weighted by molar-refractivity contribution is 5.87. The van der Waals surface area contributed by atoms with Gasteiger partial charge in [0.15, 0.2) is 6.19 Å². The van der Waals surface area contributed by atoms with Crippen molar-refractivity contribution in [3.05, 3.63) is 59.4 Å². The maximum atomic E-state index is 13.5. The second-order valence-electron chi connectivity index (χ2n) is 11.9. The van der Waals surface area contributed by atoms with Crippen LogP contribution in [0.4, 0.5) is 14.5 Å². The number of nitriles is 2. The first-order chi connectivity index (χ1) is 19.8. The van der Waals surface area contributed by atoms with Crippen LogP contribution in [0.15, 0.2) is 42.7 Å². The molecule has 9 nitrogen and oxygen atoms in total. The number of anilines is 1. The molecule has 1 aromatic carbocycles. The SMILES string of the molecule is CN(c1ccc(C(C)(C)C)cc1)C(C(=O)NC1CCC(F)(F)CC1)c1cnccc1C#N.N#CN1CC(O)CC1C=O. The topological polar surface area (TPSA) is 133 Å². The second kappa shape index (κ2) is 13.7. The third-order valence-corrected chi connectivity index (χ3v) is 7.71. The summed E-state index contributed by atoms with van der Waals surface area (Å²) in [5.41, 5.74) is 2.80. The summed E-state index contributed by atoms with van der Waals surface area (Å²) in [5.74, 6) is -2.99. The molecule has 2 aliphatic rings. The summed E-state index contributed by atoms with van der Waals surface area (Å²) in [6.45, 7) is 6.68. The van der Waals surface area contributed by atoms with Crippen LogP contribution in [-0.4, -0.2) is 64.9 Å². The van der Waals surface area contributed by atoms with Crippen molar-refractivity contribution < 1.29 is 23.5 Å². The first kappa shape index (κ1) is 32.4. The van der Waals surface area contributed by atoms with Crippen LogP contribution in [0.1, 0.15) is 75.6 Å². The number of aliphatic hydroxyl groups is 1. The molecule has 11 heteroatoms. The average Bonchev–Trinajstić information content (AvgIpc) is 3.34. The van der Waals surface area contributed by atoms with Gasteiger partial charge >= 0.3 is 0 Å². The van der Waals surface area contributed by atoms with Gasteiger partial charge in [-0.2, -0.15) is 10.5 Å². The minimum atomic E-state index is -2.66. The summed E-state index contributed by atoms with van der Waals surface area (Å²) < 4.78 is 27.1. The Morgan fingerprint density at radius 2 is 1.86 bits per heavy atom. The highest BCUT2D eigenvalue weighted by Gasteiger charge is 2.37. The lowest BCUT2D eigenvalue weighted by atomic mass is 9.87. The number of aromatic nitrogens is 1. The zero-order chi connectivity index (χ0) is 31.1. The molecular weight excluding hydrogens is 542 g/mol. The number of nitrogens with zero attached hydrogens (tertiary/aromatic N) is 5. The Balaban J connectivity index is 0.000000408. The Hall–Kier alpha value is -4.09. The van der Waals surface area contributed by atoms with Crippen molar-refractivity contribution in [3.8, 4) is 12.3 Å². The number of β-amino-alcohol motifs (C(OH)–C–C–N with tert-alkyl or cyclic N) is 1. The molecule has 2 aromatic rings. The number of rotatable bonds is 6. The molecule has 2 N–H and O–H groups in total. The Labute approximate surface area is 245 Å². The van der Waals surface area contributed by atoms with Gasteiger partial charge in [-0.25, -0.2) is 8.78 Å². The fourth-order valence-electron chi connectivity index (χ4n) is 5.15. The first-order valence-corrected chi connectivity index (χ1v) is 13.9. The highest BCUT2D eigenvalue weighted by atomic mass is 19.3. The zero-order valence-electron chi connectivity index (χ0n) is 24.4. The number of alkyl halides is 2. The van der Waals surface area contributed by atoms with Crippen molar-refractivity contribution in [2.45, 2.75) is 88.4 Å². The fraction of sp³-hybridized carbons (Fsp3) is 0.516. The molecule has 224 valence electrons. The number of halogens is 2. The molecule has 1 aliphatic carbocycles. The average molecular weight is 581 g/mol. The third-order valence-electron chi connectivity index (χ3n) is 7.71. The summed E-state index contributed by atoms with van der Waals surface area (Å²) in [7, 11) is 1.79. The van der Waals surface area contributed by atoms with Gasteiger partial charge in [-0.05, 0) is 42.0 Å². The van der Waals surface area contributed by atoms with Gasteiger partial charge in [0.25, 0.3) is 0 Å². The lowest BCUT2D eigenvalue weighted by Crippen LogP contribution is -2.46. The van der Waals surface area contributed by atoms with E-state index >= 15 is 0 Å². The lowest BCUT2D eigenvalue weighted by molar-refractivity contribution is -0.124. The van der Waals surface area contributed by atoms with E-state index in [9.17, 15) is 23.6 Å². The van der Waals surface area contributed by atoms with Crippen LogP contribution in [-0.2, 0) is 15.0 Å². The van der Waals surface area contributed by atoms with E-state index in [1.807, 2.05) is 30.5 Å². The van der Waals surface area contributed by atoms with E-state index in [1.54, 1.807) is 18.0 Å². The van der Waals surface area contributed by atoms with Crippen molar-refractivity contribution in [3.63, 3.8) is 0 Å². The number of aldehydes is 1. The lowest BCUT2D eigenvalue weighted by Gasteiger charge is -2.34. The standard InChI is InChI=1S/C25H30F2N4O.C6H8N2O2/c1-24(2,3)18-5-7-20(8-6-18)31(4)22(21-16-29-14-11-17(21)15-28)23(32)30-19-9-12-25(26,27)13-10-19;7-4-8-2-6(10)1-5(8)3-9/h5-8,11,14,16,19,22H,9-10,12-13H2,1-4H3,(H,30,32);3,5-6,10H,1-2H2. The molecule has 1 aromatic heterocycles. The summed E-state index contributed by atoms with van der Waals surface area (Å²) in [4.78, 5) is 30.8. The van der Waals surface area contributed by atoms with E-state index in [2.05, 4.69) is 37.1 Å². The number of hydrogen-bond acceptors (Lipinski definition) is 8. The van der Waals surface area contributed by atoms with Gasteiger partial charge in [-0.15, -0.1) is 0 Å². The van der Waals surface area contributed by atoms with Crippen LogP contribution in [0.25, 0.3) is 0 Å². The van der Waals surface area contributed by atoms with Gasteiger partial charge in [0.05, 0.1) is 30.3 Å². The van der Waals surface area contributed by atoms with E-state index in [0.29, 0.717) is 30.4 Å². The van der Waals surface area contributed by atoms with Crippen LogP contribution in [0.5, 0.6) is 0 Å². The Morgan fingerprint density at radius 3 is 2.38 bits per heavy atom. The molecule has 2 fully saturated rings. The summed E-state index contributed by atoms with van der Waals surface area (Å²) in [5, 5.41) is 29.9.